The van der Waals surface area contributed by atoms with Gasteiger partial charge in [0.2, 0.25) is 5.91 Å². The van der Waals surface area contributed by atoms with Crippen LogP contribution in [0.4, 0.5) is 5.69 Å². The Labute approximate surface area is 127 Å². The first-order valence-corrected chi connectivity index (χ1v) is 7.42. The second-order valence-corrected chi connectivity index (χ2v) is 5.65. The van der Waals surface area contributed by atoms with Crippen molar-refractivity contribution in [1.82, 2.24) is 0 Å². The first-order chi connectivity index (χ1) is 10.0. The van der Waals surface area contributed by atoms with E-state index in [0.29, 0.717) is 11.3 Å². The number of amides is 2. The molecule has 3 N–H and O–H groups in total. The SMILES string of the molecule is Cc1cccc(C(=O)Nc2ccc(SCC(N)=O)cc2)c1. The fourth-order valence-electron chi connectivity index (χ4n) is 1.78. The van der Waals surface area contributed by atoms with Crippen LogP contribution in [-0.4, -0.2) is 17.6 Å². The molecule has 5 heteroatoms. The molecule has 0 spiro atoms. The van der Waals surface area contributed by atoms with E-state index in [1.165, 1.54) is 11.8 Å². The zero-order chi connectivity index (χ0) is 15.2. The maximum atomic E-state index is 12.1. The van der Waals surface area contributed by atoms with E-state index in [1.54, 1.807) is 18.2 Å². The lowest BCUT2D eigenvalue weighted by atomic mass is 10.1. The molecule has 2 amide bonds. The predicted molar refractivity (Wildman–Crippen MR) is 85.5 cm³/mol. The molecule has 0 aromatic heterocycles. The molecular formula is C16H16N2O2S. The van der Waals surface area contributed by atoms with Crippen molar-refractivity contribution in [2.75, 3.05) is 11.1 Å². The number of thioether (sulfide) groups is 1. The number of nitrogens with one attached hydrogen (secondary N) is 1. The van der Waals surface area contributed by atoms with Crippen molar-refractivity contribution in [3.63, 3.8) is 0 Å². The fraction of sp³-hybridized carbons (Fsp3) is 0.125. The summed E-state index contributed by atoms with van der Waals surface area (Å²) in [7, 11) is 0. The first-order valence-electron chi connectivity index (χ1n) is 6.44. The van der Waals surface area contributed by atoms with Gasteiger partial charge in [0.05, 0.1) is 5.75 Å². The summed E-state index contributed by atoms with van der Waals surface area (Å²) in [5, 5.41) is 2.84. The van der Waals surface area contributed by atoms with Crippen molar-refractivity contribution in [2.24, 2.45) is 5.73 Å². The van der Waals surface area contributed by atoms with Gasteiger partial charge in [-0.15, -0.1) is 11.8 Å². The third kappa shape index (κ3) is 4.65. The molecule has 0 bridgehead atoms. The van der Waals surface area contributed by atoms with Gasteiger partial charge in [0.15, 0.2) is 0 Å². The summed E-state index contributed by atoms with van der Waals surface area (Å²) in [6.45, 7) is 1.95. The minimum atomic E-state index is -0.350. The summed E-state index contributed by atoms with van der Waals surface area (Å²) in [6, 6.07) is 14.7. The molecule has 4 nitrogen and oxygen atoms in total. The Morgan fingerprint density at radius 2 is 1.86 bits per heavy atom. The number of nitrogens with two attached hydrogens (primary N) is 1. The largest absolute Gasteiger partial charge is 0.369 e. The van der Waals surface area contributed by atoms with E-state index >= 15 is 0 Å². The van der Waals surface area contributed by atoms with E-state index < -0.39 is 0 Å². The van der Waals surface area contributed by atoms with Gasteiger partial charge < -0.3 is 11.1 Å². The Morgan fingerprint density at radius 3 is 2.48 bits per heavy atom. The maximum Gasteiger partial charge on any atom is 0.255 e. The van der Waals surface area contributed by atoms with Gasteiger partial charge in [-0.2, -0.15) is 0 Å². The zero-order valence-corrected chi connectivity index (χ0v) is 12.4. The van der Waals surface area contributed by atoms with Gasteiger partial charge in [-0.3, -0.25) is 9.59 Å². The molecule has 21 heavy (non-hydrogen) atoms. The summed E-state index contributed by atoms with van der Waals surface area (Å²) >= 11 is 1.37. The quantitative estimate of drug-likeness (QED) is 0.834. The number of benzene rings is 2. The molecule has 108 valence electrons. The predicted octanol–water partition coefficient (Wildman–Crippen LogP) is 2.82. The lowest BCUT2D eigenvalue weighted by Crippen LogP contribution is -2.13. The molecule has 0 saturated carbocycles. The van der Waals surface area contributed by atoms with Crippen LogP contribution in [0.15, 0.2) is 53.4 Å². The molecular weight excluding hydrogens is 284 g/mol. The molecule has 0 aliphatic rings. The molecule has 0 aliphatic heterocycles. The van der Waals surface area contributed by atoms with Gasteiger partial charge in [0.1, 0.15) is 0 Å². The number of carbonyl (C=O) groups is 2. The summed E-state index contributed by atoms with van der Waals surface area (Å²) in [5.74, 6) is -0.247. The Balaban J connectivity index is 2.00. The van der Waals surface area contributed by atoms with Crippen LogP contribution < -0.4 is 11.1 Å². The average Bonchev–Trinajstić information content (AvgIpc) is 2.46. The van der Waals surface area contributed by atoms with E-state index in [2.05, 4.69) is 5.32 Å². The van der Waals surface area contributed by atoms with E-state index in [9.17, 15) is 9.59 Å². The minimum Gasteiger partial charge on any atom is -0.369 e. The lowest BCUT2D eigenvalue weighted by molar-refractivity contribution is -0.115. The fourth-order valence-corrected chi connectivity index (χ4v) is 2.42. The molecule has 0 unspecified atom stereocenters. The monoisotopic (exact) mass is 300 g/mol. The molecule has 0 fully saturated rings. The molecule has 0 heterocycles. The summed E-state index contributed by atoms with van der Waals surface area (Å²) in [4.78, 5) is 23.7. The number of anilines is 1. The molecule has 0 radical (unpaired) electrons. The second-order valence-electron chi connectivity index (χ2n) is 4.60. The highest BCUT2D eigenvalue weighted by Crippen LogP contribution is 2.20. The Hall–Kier alpha value is -2.27. The van der Waals surface area contributed by atoms with Gasteiger partial charge in [0, 0.05) is 16.1 Å². The van der Waals surface area contributed by atoms with Gasteiger partial charge in [0.25, 0.3) is 5.91 Å². The van der Waals surface area contributed by atoms with Gasteiger partial charge in [-0.1, -0.05) is 17.7 Å². The molecule has 0 atom stereocenters. The van der Waals surface area contributed by atoms with Crippen LogP contribution in [0, 0.1) is 6.92 Å². The van der Waals surface area contributed by atoms with Crippen molar-refractivity contribution < 1.29 is 9.59 Å². The van der Waals surface area contributed by atoms with Gasteiger partial charge in [-0.05, 0) is 43.3 Å². The topological polar surface area (TPSA) is 72.2 Å². The summed E-state index contributed by atoms with van der Waals surface area (Å²) < 4.78 is 0. The van der Waals surface area contributed by atoms with Crippen LogP contribution in [0.5, 0.6) is 0 Å². The number of carbonyl (C=O) groups excluding carboxylic acids is 2. The van der Waals surface area contributed by atoms with Crippen LogP contribution in [0.1, 0.15) is 15.9 Å². The average molecular weight is 300 g/mol. The first kappa shape index (κ1) is 15.1. The van der Waals surface area contributed by atoms with E-state index in [0.717, 1.165) is 10.5 Å². The molecule has 2 rings (SSSR count). The van der Waals surface area contributed by atoms with E-state index in [4.69, 9.17) is 5.73 Å². The van der Waals surface area contributed by atoms with Crippen LogP contribution in [0.25, 0.3) is 0 Å². The third-order valence-electron chi connectivity index (χ3n) is 2.77. The van der Waals surface area contributed by atoms with Crippen molar-refractivity contribution >= 4 is 29.3 Å². The van der Waals surface area contributed by atoms with Crippen LogP contribution in [0.3, 0.4) is 0 Å². The Morgan fingerprint density at radius 1 is 1.14 bits per heavy atom. The summed E-state index contributed by atoms with van der Waals surface area (Å²) in [5.41, 5.74) is 7.48. The number of hydrogen-bond acceptors (Lipinski definition) is 3. The number of primary amides is 1. The third-order valence-corrected chi connectivity index (χ3v) is 3.81. The Bertz CT molecular complexity index is 654. The minimum absolute atomic E-state index is 0.142. The maximum absolute atomic E-state index is 12.1. The van der Waals surface area contributed by atoms with Crippen LogP contribution in [0.2, 0.25) is 0 Å². The molecule has 2 aromatic carbocycles. The van der Waals surface area contributed by atoms with Crippen molar-refractivity contribution in [1.29, 1.82) is 0 Å². The standard InChI is InChI=1S/C16H16N2O2S/c1-11-3-2-4-12(9-11)16(20)18-13-5-7-14(8-6-13)21-10-15(17)19/h2-9H,10H2,1H3,(H2,17,19)(H,18,20). The van der Waals surface area contributed by atoms with Gasteiger partial charge >= 0.3 is 0 Å². The van der Waals surface area contributed by atoms with Crippen LogP contribution >= 0.6 is 11.8 Å². The highest BCUT2D eigenvalue weighted by atomic mass is 32.2. The number of rotatable bonds is 5. The highest BCUT2D eigenvalue weighted by Gasteiger charge is 2.06. The zero-order valence-electron chi connectivity index (χ0n) is 11.6. The van der Waals surface area contributed by atoms with Crippen LogP contribution in [-0.2, 0) is 4.79 Å². The number of hydrogen-bond donors (Lipinski definition) is 2. The van der Waals surface area contributed by atoms with E-state index in [1.807, 2.05) is 37.3 Å². The highest BCUT2D eigenvalue weighted by molar-refractivity contribution is 8.00. The second kappa shape index (κ2) is 6.95. The van der Waals surface area contributed by atoms with Crippen molar-refractivity contribution in [3.8, 4) is 0 Å². The normalized spacial score (nSPS) is 10.1. The molecule has 2 aromatic rings. The van der Waals surface area contributed by atoms with E-state index in [-0.39, 0.29) is 17.6 Å². The summed E-state index contributed by atoms with van der Waals surface area (Å²) in [6.07, 6.45) is 0. The molecule has 0 saturated heterocycles. The van der Waals surface area contributed by atoms with Crippen molar-refractivity contribution in [3.05, 3.63) is 59.7 Å². The van der Waals surface area contributed by atoms with Gasteiger partial charge in [-0.25, -0.2) is 0 Å². The lowest BCUT2D eigenvalue weighted by Gasteiger charge is -2.07. The molecule has 0 aliphatic carbocycles. The smallest absolute Gasteiger partial charge is 0.255 e. The number of aryl methyl sites for hydroxylation is 1. The Kier molecular flexibility index (Phi) is 5.00. The van der Waals surface area contributed by atoms with Crippen molar-refractivity contribution in [2.45, 2.75) is 11.8 Å².